The van der Waals surface area contributed by atoms with Crippen LogP contribution in [0.15, 0.2) is 0 Å². The van der Waals surface area contributed by atoms with Crippen molar-refractivity contribution in [3.63, 3.8) is 0 Å². The third-order valence-corrected chi connectivity index (χ3v) is 24.0. The van der Waals surface area contributed by atoms with E-state index in [1.165, 1.54) is 0 Å². The minimum Gasteiger partial charge on any atom is -0.455 e. The largest absolute Gasteiger partial charge is 0.455 e. The van der Waals surface area contributed by atoms with Gasteiger partial charge in [0, 0.05) is 26.4 Å². The summed E-state index contributed by atoms with van der Waals surface area (Å²) < 4.78 is 42.0. The molecule has 0 aromatic rings. The van der Waals surface area contributed by atoms with Gasteiger partial charge in [-0.3, -0.25) is 0 Å². The predicted octanol–water partition coefficient (Wildman–Crippen LogP) is 5.26. The Morgan fingerprint density at radius 2 is 0.920 bits per heavy atom. The van der Waals surface area contributed by atoms with Crippen molar-refractivity contribution in [2.24, 2.45) is 0 Å². The molecule has 4 unspecified atom stereocenters. The van der Waals surface area contributed by atoms with E-state index in [9.17, 15) is 15.3 Å². The van der Waals surface area contributed by atoms with Crippen LogP contribution in [0.3, 0.4) is 0 Å². The van der Waals surface area contributed by atoms with E-state index in [0.717, 1.165) is 63.1 Å². The summed E-state index contributed by atoms with van der Waals surface area (Å²) >= 11 is 5.61. The number of hydrogen-bond acceptors (Lipinski definition) is 10. The second kappa shape index (κ2) is 24.3. The van der Waals surface area contributed by atoms with Gasteiger partial charge in [0.2, 0.25) is 0 Å². The first-order valence-electron chi connectivity index (χ1n) is 18.9. The van der Waals surface area contributed by atoms with Crippen molar-refractivity contribution in [3.8, 4) is 0 Å². The number of quaternary nitrogens is 1. The molecule has 0 spiro atoms. The van der Waals surface area contributed by atoms with Crippen LogP contribution in [0.25, 0.3) is 0 Å². The van der Waals surface area contributed by atoms with Crippen LogP contribution < -0.4 is 0 Å². The number of aliphatic hydroxyl groups excluding tert-OH is 3. The average molecular weight is 808 g/mol. The lowest BCUT2D eigenvalue weighted by molar-refractivity contribution is -0.896. The zero-order valence-electron chi connectivity index (χ0n) is 33.5. The smallest absolute Gasteiger partial charge is 0.173 e. The van der Waals surface area contributed by atoms with Crippen molar-refractivity contribution in [2.75, 3.05) is 92.5 Å². The summed E-state index contributed by atoms with van der Waals surface area (Å²) in [6, 6.07) is 4.16. The van der Waals surface area contributed by atoms with Gasteiger partial charge < -0.3 is 51.7 Å². The van der Waals surface area contributed by atoms with Crippen molar-refractivity contribution >= 4 is 44.9 Å². The first-order chi connectivity index (χ1) is 23.1. The third-order valence-electron chi connectivity index (χ3n) is 8.60. The van der Waals surface area contributed by atoms with Crippen LogP contribution in [0.5, 0.6) is 0 Å². The van der Waals surface area contributed by atoms with Crippen molar-refractivity contribution in [1.82, 2.24) is 0 Å². The summed E-state index contributed by atoms with van der Waals surface area (Å²) in [5.74, 6) is 0.191. The summed E-state index contributed by atoms with van der Waals surface area (Å²) in [6.45, 7) is 24.3. The highest BCUT2D eigenvalue weighted by atomic mass is 35.5. The number of aliphatic hydroxyl groups is 3. The van der Waals surface area contributed by atoms with E-state index in [1.807, 2.05) is 14.1 Å². The molecule has 0 aromatic carbocycles. The Morgan fingerprint density at radius 1 is 0.600 bits per heavy atom. The van der Waals surface area contributed by atoms with E-state index >= 15 is 0 Å². The molecule has 0 aromatic heterocycles. The number of nitrogens with zero attached hydrogens (tertiary/aromatic N) is 1. The van der Waals surface area contributed by atoms with E-state index in [-0.39, 0.29) is 25.7 Å². The SMILES string of the molecule is C[N+](C)(CC(O)COCCC[Si](C)(C)O[Si](C)(C)CCCOCC(O)CCl)CC(O)COCCC[Si](C)(C)O[Si](C)(C)CCCOCC1CO1. The second-order valence-electron chi connectivity index (χ2n) is 17.3. The molecule has 1 rings (SSSR count). The summed E-state index contributed by atoms with van der Waals surface area (Å²) in [5.41, 5.74) is 0. The lowest BCUT2D eigenvalue weighted by Gasteiger charge is -2.34. The Bertz CT molecular complexity index is 887. The van der Waals surface area contributed by atoms with Crippen LogP contribution in [-0.4, -0.2) is 170 Å². The first kappa shape index (κ1) is 48.7. The lowest BCUT2D eigenvalue weighted by atomic mass is 10.2. The normalized spacial score (nSPS) is 18.0. The fraction of sp³-hybridized carbons (Fsp3) is 1.00. The highest BCUT2D eigenvalue weighted by Gasteiger charge is 2.34. The molecule has 0 bridgehead atoms. The molecule has 16 heteroatoms. The Balaban J connectivity index is 2.18. The molecule has 4 atom stereocenters. The molecule has 1 aliphatic rings. The van der Waals surface area contributed by atoms with Gasteiger partial charge in [-0.05, 0) is 102 Å². The summed E-state index contributed by atoms with van der Waals surface area (Å²) in [7, 11) is -3.16. The monoisotopic (exact) mass is 806 g/mol. The number of ether oxygens (including phenoxy) is 5. The van der Waals surface area contributed by atoms with Crippen LogP contribution in [0.2, 0.25) is 76.6 Å². The molecule has 0 radical (unpaired) electrons. The molecular weight excluding hydrogens is 730 g/mol. The molecule has 3 N–H and O–H groups in total. The Labute approximate surface area is 314 Å². The van der Waals surface area contributed by atoms with Gasteiger partial charge in [0.15, 0.2) is 33.3 Å². The van der Waals surface area contributed by atoms with Crippen molar-refractivity contribution in [3.05, 3.63) is 0 Å². The molecule has 0 amide bonds. The van der Waals surface area contributed by atoms with Gasteiger partial charge in [0.1, 0.15) is 31.4 Å². The summed E-state index contributed by atoms with van der Waals surface area (Å²) in [5, 5.41) is 30.8. The minimum absolute atomic E-state index is 0.191. The van der Waals surface area contributed by atoms with E-state index in [1.54, 1.807) is 0 Å². The third kappa shape index (κ3) is 27.3. The summed E-state index contributed by atoms with van der Waals surface area (Å²) in [4.78, 5) is 0. The van der Waals surface area contributed by atoms with Crippen LogP contribution in [0.1, 0.15) is 25.7 Å². The molecule has 300 valence electrons. The van der Waals surface area contributed by atoms with Crippen molar-refractivity contribution in [1.29, 1.82) is 0 Å². The Morgan fingerprint density at radius 3 is 1.24 bits per heavy atom. The van der Waals surface area contributed by atoms with E-state index in [4.69, 9.17) is 43.5 Å². The Hall–Kier alpha value is 0.718. The number of epoxide rings is 1. The lowest BCUT2D eigenvalue weighted by Crippen LogP contribution is -2.51. The number of rotatable bonds is 33. The van der Waals surface area contributed by atoms with Gasteiger partial charge in [-0.2, -0.15) is 0 Å². The highest BCUT2D eigenvalue weighted by Crippen LogP contribution is 2.25. The Kier molecular flexibility index (Phi) is 23.7. The second-order valence-corrected chi connectivity index (χ2v) is 35.3. The highest BCUT2D eigenvalue weighted by molar-refractivity contribution is 6.85. The van der Waals surface area contributed by atoms with Gasteiger partial charge >= 0.3 is 0 Å². The van der Waals surface area contributed by atoms with E-state index < -0.39 is 51.6 Å². The van der Waals surface area contributed by atoms with E-state index in [2.05, 4.69) is 52.4 Å². The van der Waals surface area contributed by atoms with Crippen molar-refractivity contribution < 1.29 is 51.7 Å². The first-order valence-corrected chi connectivity index (χ1v) is 31.9. The molecule has 50 heavy (non-hydrogen) atoms. The topological polar surface area (TPSA) is 129 Å². The van der Waals surface area contributed by atoms with E-state index in [0.29, 0.717) is 50.1 Å². The van der Waals surface area contributed by atoms with Crippen LogP contribution in [0, 0.1) is 0 Å². The number of alkyl halides is 1. The van der Waals surface area contributed by atoms with Gasteiger partial charge in [-0.15, -0.1) is 11.6 Å². The van der Waals surface area contributed by atoms with Gasteiger partial charge in [0.25, 0.3) is 0 Å². The standard InChI is InChI=1S/C34H77ClNO10Si4/c1-36(2,24-32(38)27-41-16-12-20-48(5,6)45-47(3,4)19-11-15-40-26-31(37)23-35)25-33(39)28-42-17-13-21-49(7,8)46-50(9,10)22-14-18-43-29-34-30-44-34/h31-34,37-39H,11-30H2,1-10H3/q+1. The maximum Gasteiger partial charge on any atom is 0.173 e. The molecule has 0 saturated carbocycles. The van der Waals surface area contributed by atoms with Crippen LogP contribution >= 0.6 is 11.6 Å². The molecule has 1 aliphatic heterocycles. The number of hydrogen-bond donors (Lipinski definition) is 3. The fourth-order valence-electron chi connectivity index (χ4n) is 6.50. The number of halogens is 1. The van der Waals surface area contributed by atoms with Gasteiger partial charge in [-0.1, -0.05) is 0 Å². The molecule has 1 fully saturated rings. The molecular formula is C34H77ClNO10Si4+. The zero-order valence-corrected chi connectivity index (χ0v) is 38.2. The zero-order chi connectivity index (χ0) is 37.9. The molecule has 1 heterocycles. The van der Waals surface area contributed by atoms with Crippen LogP contribution in [-0.2, 0) is 31.9 Å². The van der Waals surface area contributed by atoms with Gasteiger partial charge in [0.05, 0.1) is 59.1 Å². The maximum absolute atomic E-state index is 10.7. The molecule has 1 saturated heterocycles. The average Bonchev–Trinajstić information content (AvgIpc) is 3.78. The molecule has 0 aliphatic carbocycles. The maximum atomic E-state index is 10.7. The minimum atomic E-state index is -1.84. The van der Waals surface area contributed by atoms with Crippen LogP contribution in [0.4, 0.5) is 0 Å². The number of likely N-dealkylation sites (N-methyl/N-ethyl adjacent to an activating group) is 1. The van der Waals surface area contributed by atoms with Crippen molar-refractivity contribution in [2.45, 2.75) is 127 Å². The summed E-state index contributed by atoms with van der Waals surface area (Å²) in [6.07, 6.45) is 2.30. The predicted molar refractivity (Wildman–Crippen MR) is 213 cm³/mol. The molecule has 11 nitrogen and oxygen atoms in total. The van der Waals surface area contributed by atoms with Gasteiger partial charge in [-0.25, -0.2) is 0 Å². The quantitative estimate of drug-likeness (QED) is 0.0266. The fourth-order valence-corrected chi connectivity index (χ4v) is 24.2.